The van der Waals surface area contributed by atoms with Gasteiger partial charge in [-0.25, -0.2) is 14.8 Å². The summed E-state index contributed by atoms with van der Waals surface area (Å²) in [6.07, 6.45) is -4.51. The van der Waals surface area contributed by atoms with Crippen LogP contribution in [0, 0.1) is 0 Å². The number of hydrogen-bond acceptors (Lipinski definition) is 6. The molecule has 3 aromatic rings. The topological polar surface area (TPSA) is 90.9 Å². The number of alkyl halides is 3. The number of carbonyl (C=O) groups is 2. The number of urea groups is 1. The van der Waals surface area contributed by atoms with Crippen LogP contribution in [0.4, 0.5) is 35.3 Å². The molecule has 0 radical (unpaired) electrons. The lowest BCUT2D eigenvalue weighted by atomic mass is 10.1. The standard InChI is InChI=1S/C26H25F3N6O3/c1-33-21-9-8-20(17-4-2-5-18(14-17)26(27,28)29)31-24(21)35(16-23(33)36)25(37)32-22-7-3-6-19(30-22)15-34-10-12-38-13-11-34/h2-9,14H,10-13,15-16H2,1H3,(H,30,32,37). The van der Waals surface area contributed by atoms with Crippen LogP contribution < -0.4 is 15.1 Å². The summed E-state index contributed by atoms with van der Waals surface area (Å²) in [5, 5.41) is 2.73. The van der Waals surface area contributed by atoms with Gasteiger partial charge >= 0.3 is 12.2 Å². The van der Waals surface area contributed by atoms with E-state index in [0.717, 1.165) is 30.9 Å². The summed E-state index contributed by atoms with van der Waals surface area (Å²) in [4.78, 5) is 39.7. The molecule has 4 heterocycles. The van der Waals surface area contributed by atoms with Crippen LogP contribution in [0.15, 0.2) is 54.6 Å². The van der Waals surface area contributed by atoms with E-state index in [0.29, 0.717) is 31.3 Å². The molecule has 0 unspecified atom stereocenters. The molecule has 1 aromatic carbocycles. The number of fused-ring (bicyclic) bond motifs is 1. The summed E-state index contributed by atoms with van der Waals surface area (Å²) in [6.45, 7) is 3.20. The Bertz CT molecular complexity index is 1360. The molecule has 2 aliphatic rings. The summed E-state index contributed by atoms with van der Waals surface area (Å²) in [5.74, 6) is 0.127. The van der Waals surface area contributed by atoms with Crippen molar-refractivity contribution in [1.82, 2.24) is 14.9 Å². The number of ether oxygens (including phenoxy) is 1. The highest BCUT2D eigenvalue weighted by molar-refractivity contribution is 6.12. The molecule has 1 saturated heterocycles. The Balaban J connectivity index is 1.41. The number of pyridine rings is 2. The molecule has 2 aromatic heterocycles. The summed E-state index contributed by atoms with van der Waals surface area (Å²) < 4.78 is 45.1. The van der Waals surface area contributed by atoms with Crippen LogP contribution in [0.3, 0.4) is 0 Å². The molecule has 5 rings (SSSR count). The van der Waals surface area contributed by atoms with Gasteiger partial charge in [0, 0.05) is 32.2 Å². The van der Waals surface area contributed by atoms with Crippen LogP contribution in [0.5, 0.6) is 0 Å². The number of aromatic nitrogens is 2. The van der Waals surface area contributed by atoms with Gasteiger partial charge in [-0.05, 0) is 36.4 Å². The number of halogens is 3. The maximum Gasteiger partial charge on any atom is 0.416 e. The van der Waals surface area contributed by atoms with Gasteiger partial charge in [-0.3, -0.25) is 19.9 Å². The highest BCUT2D eigenvalue weighted by Gasteiger charge is 2.33. The van der Waals surface area contributed by atoms with Crippen LogP contribution in [0.25, 0.3) is 11.3 Å². The molecule has 0 aliphatic carbocycles. The molecule has 0 saturated carbocycles. The van der Waals surface area contributed by atoms with E-state index in [1.54, 1.807) is 25.2 Å². The van der Waals surface area contributed by atoms with Crippen molar-refractivity contribution in [2.24, 2.45) is 0 Å². The van der Waals surface area contributed by atoms with Gasteiger partial charge in [-0.15, -0.1) is 0 Å². The smallest absolute Gasteiger partial charge is 0.379 e. The molecule has 0 spiro atoms. The molecule has 0 atom stereocenters. The van der Waals surface area contributed by atoms with Gasteiger partial charge in [-0.1, -0.05) is 18.2 Å². The second kappa shape index (κ2) is 10.4. The van der Waals surface area contributed by atoms with Gasteiger partial charge < -0.3 is 9.64 Å². The number of amides is 3. The van der Waals surface area contributed by atoms with E-state index in [2.05, 4.69) is 20.2 Å². The Hall–Kier alpha value is -4.03. The predicted octanol–water partition coefficient (Wildman–Crippen LogP) is 4.01. The van der Waals surface area contributed by atoms with Crippen molar-refractivity contribution in [3.63, 3.8) is 0 Å². The second-order valence-corrected chi connectivity index (χ2v) is 8.99. The van der Waals surface area contributed by atoms with Gasteiger partial charge in [-0.2, -0.15) is 13.2 Å². The Morgan fingerprint density at radius 3 is 2.58 bits per heavy atom. The number of morpholine rings is 1. The second-order valence-electron chi connectivity index (χ2n) is 8.99. The number of hydrogen-bond donors (Lipinski definition) is 1. The Morgan fingerprint density at radius 1 is 1.05 bits per heavy atom. The summed E-state index contributed by atoms with van der Waals surface area (Å²) in [7, 11) is 1.55. The maximum atomic E-state index is 13.3. The fraction of sp³-hybridized carbons (Fsp3) is 0.308. The monoisotopic (exact) mass is 526 g/mol. The van der Waals surface area contributed by atoms with Crippen molar-refractivity contribution >= 4 is 29.3 Å². The number of nitrogens with one attached hydrogen (secondary N) is 1. The molecule has 1 fully saturated rings. The minimum atomic E-state index is -4.51. The third kappa shape index (κ3) is 5.46. The Morgan fingerprint density at radius 2 is 1.82 bits per heavy atom. The Kier molecular flexibility index (Phi) is 7.00. The molecule has 1 N–H and O–H groups in total. The highest BCUT2D eigenvalue weighted by atomic mass is 19.4. The number of likely N-dealkylation sites (N-methyl/N-ethyl adjacent to an activating group) is 1. The molecule has 0 bridgehead atoms. The zero-order valence-corrected chi connectivity index (χ0v) is 20.5. The SMILES string of the molecule is CN1C(=O)CN(C(=O)Nc2cccc(CN3CCOCC3)n2)c2nc(-c3cccc(C(F)(F)F)c3)ccc21. The molecular formula is C26H25F3N6O3. The van der Waals surface area contributed by atoms with Crippen molar-refractivity contribution in [3.8, 4) is 11.3 Å². The number of anilines is 3. The van der Waals surface area contributed by atoms with E-state index in [-0.39, 0.29) is 29.5 Å². The Labute approximate surface area is 216 Å². The third-order valence-electron chi connectivity index (χ3n) is 6.40. The number of nitrogens with zero attached hydrogens (tertiary/aromatic N) is 5. The molecule has 3 amide bonds. The molecular weight excluding hydrogens is 501 g/mol. The van der Waals surface area contributed by atoms with Gasteiger partial charge in [0.25, 0.3) is 0 Å². The lowest BCUT2D eigenvalue weighted by Crippen LogP contribution is -2.48. The van der Waals surface area contributed by atoms with Crippen molar-refractivity contribution < 1.29 is 27.5 Å². The predicted molar refractivity (Wildman–Crippen MR) is 135 cm³/mol. The first-order valence-corrected chi connectivity index (χ1v) is 12.0. The fourth-order valence-electron chi connectivity index (χ4n) is 4.34. The normalized spacial score (nSPS) is 16.4. The molecule has 9 nitrogen and oxygen atoms in total. The van der Waals surface area contributed by atoms with Crippen molar-refractivity contribution in [2.45, 2.75) is 12.7 Å². The molecule has 12 heteroatoms. The lowest BCUT2D eigenvalue weighted by molar-refractivity contribution is -0.137. The van der Waals surface area contributed by atoms with Crippen LogP contribution in [0.1, 0.15) is 11.3 Å². The first-order chi connectivity index (χ1) is 18.2. The summed E-state index contributed by atoms with van der Waals surface area (Å²) in [5.41, 5.74) is 0.797. The fourth-order valence-corrected chi connectivity index (χ4v) is 4.34. The van der Waals surface area contributed by atoms with E-state index in [1.807, 2.05) is 6.07 Å². The lowest BCUT2D eigenvalue weighted by Gasteiger charge is -2.33. The molecule has 198 valence electrons. The number of benzene rings is 1. The van der Waals surface area contributed by atoms with E-state index in [1.165, 1.54) is 28.0 Å². The van der Waals surface area contributed by atoms with E-state index in [9.17, 15) is 22.8 Å². The molecule has 38 heavy (non-hydrogen) atoms. The number of carbonyl (C=O) groups excluding carboxylic acids is 2. The zero-order chi connectivity index (χ0) is 26.9. The third-order valence-corrected chi connectivity index (χ3v) is 6.40. The van der Waals surface area contributed by atoms with Crippen LogP contribution in [-0.4, -0.2) is 66.7 Å². The first-order valence-electron chi connectivity index (χ1n) is 12.0. The van der Waals surface area contributed by atoms with Crippen molar-refractivity contribution in [2.75, 3.05) is 55.0 Å². The van der Waals surface area contributed by atoms with Gasteiger partial charge in [0.2, 0.25) is 5.91 Å². The average molecular weight is 527 g/mol. The van der Waals surface area contributed by atoms with E-state index < -0.39 is 17.8 Å². The van der Waals surface area contributed by atoms with Crippen molar-refractivity contribution in [1.29, 1.82) is 0 Å². The van der Waals surface area contributed by atoms with E-state index in [4.69, 9.17) is 4.74 Å². The first kappa shape index (κ1) is 25.6. The van der Waals surface area contributed by atoms with Gasteiger partial charge in [0.15, 0.2) is 5.82 Å². The average Bonchev–Trinajstić information content (AvgIpc) is 2.91. The number of rotatable bonds is 4. The van der Waals surface area contributed by atoms with E-state index >= 15 is 0 Å². The van der Waals surface area contributed by atoms with Gasteiger partial charge in [0.1, 0.15) is 12.4 Å². The quantitative estimate of drug-likeness (QED) is 0.553. The van der Waals surface area contributed by atoms with Crippen LogP contribution in [0.2, 0.25) is 0 Å². The van der Waals surface area contributed by atoms with Crippen molar-refractivity contribution in [3.05, 3.63) is 65.9 Å². The highest BCUT2D eigenvalue weighted by Crippen LogP contribution is 2.36. The zero-order valence-electron chi connectivity index (χ0n) is 20.5. The minimum absolute atomic E-state index is 0.156. The van der Waals surface area contributed by atoms with Crippen LogP contribution in [-0.2, 0) is 22.3 Å². The molecule has 2 aliphatic heterocycles. The van der Waals surface area contributed by atoms with Gasteiger partial charge in [0.05, 0.1) is 35.9 Å². The summed E-state index contributed by atoms with van der Waals surface area (Å²) >= 11 is 0. The minimum Gasteiger partial charge on any atom is -0.379 e. The maximum absolute atomic E-state index is 13.3. The van der Waals surface area contributed by atoms with Crippen LogP contribution >= 0.6 is 0 Å². The largest absolute Gasteiger partial charge is 0.416 e. The summed E-state index contributed by atoms with van der Waals surface area (Å²) in [6, 6.07) is 12.5.